The monoisotopic (exact) mass is 172 g/mol. The van der Waals surface area contributed by atoms with E-state index in [-0.39, 0.29) is 5.97 Å². The summed E-state index contributed by atoms with van der Waals surface area (Å²) in [6, 6.07) is 0. The fourth-order valence-corrected chi connectivity index (χ4v) is 0.850. The van der Waals surface area contributed by atoms with Gasteiger partial charge in [0.2, 0.25) is 0 Å². The zero-order valence-corrected chi connectivity index (χ0v) is 8.17. The minimum absolute atomic E-state index is 0.196. The second kappa shape index (κ2) is 4.93. The van der Waals surface area contributed by atoms with E-state index in [2.05, 4.69) is 32.5 Å². The molecule has 0 aromatic heterocycles. The van der Waals surface area contributed by atoms with E-state index in [9.17, 15) is 4.79 Å². The van der Waals surface area contributed by atoms with Gasteiger partial charge in [0, 0.05) is 6.42 Å². The molecule has 12 heavy (non-hydrogen) atoms. The summed E-state index contributed by atoms with van der Waals surface area (Å²) in [5, 5.41) is 0. The standard InChI is InChI=1S/C9H18NO2/c1-5-12-9(11)7-6-8-10(2,3)4/h5H,1,6-8H2,2-4H3/q+1. The van der Waals surface area contributed by atoms with Gasteiger partial charge in [-0.05, 0) is 0 Å². The Morgan fingerprint density at radius 1 is 1.50 bits per heavy atom. The number of hydrogen-bond acceptors (Lipinski definition) is 2. The quantitative estimate of drug-likeness (QED) is 0.353. The van der Waals surface area contributed by atoms with Crippen LogP contribution >= 0.6 is 0 Å². The van der Waals surface area contributed by atoms with Gasteiger partial charge in [-0.15, -0.1) is 0 Å². The predicted octanol–water partition coefficient (Wildman–Crippen LogP) is 1.16. The first-order valence-corrected chi connectivity index (χ1v) is 4.06. The van der Waals surface area contributed by atoms with Crippen LogP contribution in [-0.2, 0) is 9.53 Å². The zero-order valence-electron chi connectivity index (χ0n) is 8.17. The van der Waals surface area contributed by atoms with Crippen molar-refractivity contribution in [3.05, 3.63) is 12.8 Å². The average Bonchev–Trinajstić information content (AvgIpc) is 1.84. The molecule has 70 valence electrons. The Labute approximate surface area is 74.2 Å². The third-order valence-corrected chi connectivity index (χ3v) is 1.42. The summed E-state index contributed by atoms with van der Waals surface area (Å²) >= 11 is 0. The Balaban J connectivity index is 3.43. The Kier molecular flexibility index (Phi) is 4.59. The normalized spacial score (nSPS) is 10.9. The van der Waals surface area contributed by atoms with Crippen LogP contribution in [0.2, 0.25) is 0 Å². The summed E-state index contributed by atoms with van der Waals surface area (Å²) in [7, 11) is 6.29. The molecule has 0 spiro atoms. The number of quaternary nitrogens is 1. The molecule has 3 heteroatoms. The second-order valence-corrected chi connectivity index (χ2v) is 3.77. The van der Waals surface area contributed by atoms with Crippen LogP contribution in [-0.4, -0.2) is 38.1 Å². The summed E-state index contributed by atoms with van der Waals surface area (Å²) < 4.78 is 5.45. The molecule has 0 amide bonds. The van der Waals surface area contributed by atoms with Gasteiger partial charge in [-0.3, -0.25) is 4.79 Å². The van der Waals surface area contributed by atoms with Gasteiger partial charge in [0.1, 0.15) is 0 Å². The van der Waals surface area contributed by atoms with Crippen molar-refractivity contribution in [1.82, 2.24) is 0 Å². The van der Waals surface area contributed by atoms with Crippen molar-refractivity contribution in [2.75, 3.05) is 27.7 Å². The number of esters is 1. The van der Waals surface area contributed by atoms with Crippen molar-refractivity contribution in [2.45, 2.75) is 12.8 Å². The van der Waals surface area contributed by atoms with Crippen LogP contribution in [0.15, 0.2) is 12.8 Å². The maximum atomic E-state index is 10.8. The van der Waals surface area contributed by atoms with E-state index < -0.39 is 0 Å². The first-order chi connectivity index (χ1) is 5.45. The summed E-state index contributed by atoms with van der Waals surface area (Å²) in [5.41, 5.74) is 0. The van der Waals surface area contributed by atoms with E-state index in [1.165, 1.54) is 6.26 Å². The largest absolute Gasteiger partial charge is 0.435 e. The van der Waals surface area contributed by atoms with E-state index in [0.717, 1.165) is 17.4 Å². The van der Waals surface area contributed by atoms with Gasteiger partial charge in [0.25, 0.3) is 0 Å². The fourth-order valence-electron chi connectivity index (χ4n) is 0.850. The molecule has 0 saturated heterocycles. The highest BCUT2D eigenvalue weighted by Crippen LogP contribution is 1.98. The van der Waals surface area contributed by atoms with Gasteiger partial charge in [-0.25, -0.2) is 0 Å². The third kappa shape index (κ3) is 7.28. The maximum absolute atomic E-state index is 10.8. The molecule has 0 heterocycles. The van der Waals surface area contributed by atoms with Gasteiger partial charge in [0.15, 0.2) is 0 Å². The molecule has 0 fully saturated rings. The topological polar surface area (TPSA) is 26.3 Å². The van der Waals surface area contributed by atoms with Crippen LogP contribution in [0, 0.1) is 0 Å². The molecule has 0 radical (unpaired) electrons. The zero-order chi connectivity index (χ0) is 9.61. The highest BCUT2D eigenvalue weighted by atomic mass is 16.5. The minimum atomic E-state index is -0.196. The van der Waals surface area contributed by atoms with Gasteiger partial charge < -0.3 is 9.22 Å². The lowest BCUT2D eigenvalue weighted by Crippen LogP contribution is -2.35. The summed E-state index contributed by atoms with van der Waals surface area (Å²) in [5.74, 6) is -0.196. The first kappa shape index (κ1) is 11.2. The third-order valence-electron chi connectivity index (χ3n) is 1.42. The van der Waals surface area contributed by atoms with Gasteiger partial charge in [-0.1, -0.05) is 6.58 Å². The van der Waals surface area contributed by atoms with Crippen LogP contribution in [0.5, 0.6) is 0 Å². The van der Waals surface area contributed by atoms with E-state index in [1.807, 2.05) is 0 Å². The SMILES string of the molecule is C=COC(=O)CCC[N+](C)(C)C. The van der Waals surface area contributed by atoms with Crippen molar-refractivity contribution >= 4 is 5.97 Å². The molecule has 0 N–H and O–H groups in total. The van der Waals surface area contributed by atoms with Gasteiger partial charge in [-0.2, -0.15) is 0 Å². The number of hydrogen-bond donors (Lipinski definition) is 0. The lowest BCUT2D eigenvalue weighted by atomic mass is 10.3. The predicted molar refractivity (Wildman–Crippen MR) is 48.4 cm³/mol. The molecular formula is C9H18NO2+. The highest BCUT2D eigenvalue weighted by Gasteiger charge is 2.08. The van der Waals surface area contributed by atoms with E-state index in [4.69, 9.17) is 0 Å². The first-order valence-electron chi connectivity index (χ1n) is 4.06. The molecule has 3 nitrogen and oxygen atoms in total. The molecule has 0 aliphatic rings. The highest BCUT2D eigenvalue weighted by molar-refractivity contribution is 5.69. The van der Waals surface area contributed by atoms with E-state index in [1.54, 1.807) is 0 Å². The molecule has 0 saturated carbocycles. The number of rotatable bonds is 5. The van der Waals surface area contributed by atoms with E-state index in [0.29, 0.717) is 6.42 Å². The Morgan fingerprint density at radius 2 is 2.08 bits per heavy atom. The minimum Gasteiger partial charge on any atom is -0.435 e. The van der Waals surface area contributed by atoms with Gasteiger partial charge in [0.05, 0.1) is 40.4 Å². The molecule has 0 aromatic carbocycles. The van der Waals surface area contributed by atoms with Crippen molar-refractivity contribution < 1.29 is 14.0 Å². The lowest BCUT2D eigenvalue weighted by molar-refractivity contribution is -0.870. The Bertz CT molecular complexity index is 158. The molecule has 0 aliphatic heterocycles. The van der Waals surface area contributed by atoms with Crippen molar-refractivity contribution in [2.24, 2.45) is 0 Å². The van der Waals surface area contributed by atoms with Crippen LogP contribution in [0.3, 0.4) is 0 Å². The van der Waals surface area contributed by atoms with E-state index >= 15 is 0 Å². The maximum Gasteiger partial charge on any atom is 0.310 e. The van der Waals surface area contributed by atoms with Crippen molar-refractivity contribution in [3.8, 4) is 0 Å². The summed E-state index contributed by atoms with van der Waals surface area (Å²) in [6.45, 7) is 4.29. The second-order valence-electron chi connectivity index (χ2n) is 3.77. The number of carbonyl (C=O) groups excluding carboxylic acids is 1. The summed E-state index contributed by atoms with van der Waals surface area (Å²) in [6.07, 6.45) is 2.51. The number of ether oxygens (including phenoxy) is 1. The molecular weight excluding hydrogens is 154 g/mol. The molecule has 0 rings (SSSR count). The Hall–Kier alpha value is -0.830. The van der Waals surface area contributed by atoms with Crippen LogP contribution in [0.25, 0.3) is 0 Å². The molecule has 0 aliphatic carbocycles. The van der Waals surface area contributed by atoms with Crippen molar-refractivity contribution in [1.29, 1.82) is 0 Å². The molecule has 0 unspecified atom stereocenters. The number of carbonyl (C=O) groups is 1. The van der Waals surface area contributed by atoms with Crippen LogP contribution in [0.1, 0.15) is 12.8 Å². The van der Waals surface area contributed by atoms with Gasteiger partial charge >= 0.3 is 5.97 Å². The molecule has 0 aromatic rings. The molecule has 0 bridgehead atoms. The smallest absolute Gasteiger partial charge is 0.310 e. The van der Waals surface area contributed by atoms with Crippen molar-refractivity contribution in [3.63, 3.8) is 0 Å². The molecule has 0 atom stereocenters. The van der Waals surface area contributed by atoms with Crippen LogP contribution in [0.4, 0.5) is 0 Å². The Morgan fingerprint density at radius 3 is 2.50 bits per heavy atom. The fraction of sp³-hybridized carbons (Fsp3) is 0.667. The van der Waals surface area contributed by atoms with Crippen LogP contribution < -0.4 is 0 Å². The average molecular weight is 172 g/mol. The summed E-state index contributed by atoms with van der Waals surface area (Å²) in [4.78, 5) is 10.8. The lowest BCUT2D eigenvalue weighted by Gasteiger charge is -2.23. The number of nitrogens with zero attached hydrogens (tertiary/aromatic N) is 1.